The van der Waals surface area contributed by atoms with Gasteiger partial charge in [0, 0.05) is 4.47 Å². The third-order valence-electron chi connectivity index (χ3n) is 3.19. The Morgan fingerprint density at radius 3 is 2.41 bits per heavy atom. The van der Waals surface area contributed by atoms with Crippen LogP contribution in [0.3, 0.4) is 0 Å². The van der Waals surface area contributed by atoms with Crippen molar-refractivity contribution in [1.82, 2.24) is 5.32 Å². The number of nitrogens with zero attached hydrogens (tertiary/aromatic N) is 1. The van der Waals surface area contributed by atoms with E-state index in [0.717, 1.165) is 15.6 Å². The van der Waals surface area contributed by atoms with Crippen LogP contribution in [0.15, 0.2) is 64.6 Å². The molecule has 0 aliphatic rings. The molecule has 0 bridgehead atoms. The molecule has 110 valence electrons. The first-order chi connectivity index (χ1) is 10.6. The molecule has 0 radical (unpaired) electrons. The minimum Gasteiger partial charge on any atom is -0.345 e. The van der Waals surface area contributed by atoms with Gasteiger partial charge in [-0.1, -0.05) is 58.4 Å². The van der Waals surface area contributed by atoms with Crippen LogP contribution in [0.1, 0.15) is 24.1 Å². The van der Waals surface area contributed by atoms with Crippen LogP contribution in [0.5, 0.6) is 0 Å². The van der Waals surface area contributed by atoms with E-state index in [4.69, 9.17) is 0 Å². The monoisotopic (exact) mass is 354 g/mol. The van der Waals surface area contributed by atoms with Gasteiger partial charge in [0.2, 0.25) is 0 Å². The molecule has 1 atom stereocenters. The summed E-state index contributed by atoms with van der Waals surface area (Å²) < 4.78 is 0.949. The zero-order chi connectivity index (χ0) is 15.9. The summed E-state index contributed by atoms with van der Waals surface area (Å²) in [5.41, 5.74) is 1.89. The lowest BCUT2D eigenvalue weighted by Gasteiger charge is -2.13. The minimum atomic E-state index is -0.373. The van der Waals surface area contributed by atoms with Crippen LogP contribution in [-0.2, 0) is 4.79 Å². The molecule has 0 aromatic heterocycles. The molecule has 0 fully saturated rings. The average molecular weight is 355 g/mol. The summed E-state index contributed by atoms with van der Waals surface area (Å²) in [4.78, 5) is 12.2. The van der Waals surface area contributed by atoms with Gasteiger partial charge < -0.3 is 5.32 Å². The molecule has 0 aliphatic carbocycles. The van der Waals surface area contributed by atoms with Crippen molar-refractivity contribution in [2.24, 2.45) is 0 Å². The number of rotatable bonds is 4. The maximum Gasteiger partial charge on any atom is 0.262 e. The normalized spacial score (nSPS) is 12.3. The molecule has 2 aromatic rings. The standard InChI is InChI=1S/C18H15BrN2O/c1-13(15-5-3-2-4-6-15)21-18(22)16(12-20)11-14-7-9-17(19)10-8-14/h2-11,13H,1H3,(H,21,22)/b16-11-. The zero-order valence-corrected chi connectivity index (χ0v) is 13.7. The Labute approximate surface area is 138 Å². The number of benzene rings is 2. The fourth-order valence-electron chi connectivity index (χ4n) is 1.97. The first-order valence-corrected chi connectivity index (χ1v) is 7.62. The Morgan fingerprint density at radius 2 is 1.82 bits per heavy atom. The van der Waals surface area contributed by atoms with Crippen LogP contribution in [-0.4, -0.2) is 5.91 Å². The Kier molecular flexibility index (Phi) is 5.51. The van der Waals surface area contributed by atoms with Crippen LogP contribution in [0.25, 0.3) is 6.08 Å². The molecule has 1 unspecified atom stereocenters. The minimum absolute atomic E-state index is 0.0881. The first kappa shape index (κ1) is 16.0. The van der Waals surface area contributed by atoms with Gasteiger partial charge in [-0.2, -0.15) is 5.26 Å². The summed E-state index contributed by atoms with van der Waals surface area (Å²) >= 11 is 3.35. The summed E-state index contributed by atoms with van der Waals surface area (Å²) in [5.74, 6) is -0.373. The molecule has 0 aliphatic heterocycles. The summed E-state index contributed by atoms with van der Waals surface area (Å²) in [6.45, 7) is 1.89. The number of hydrogen-bond donors (Lipinski definition) is 1. The van der Waals surface area contributed by atoms with E-state index in [1.54, 1.807) is 6.08 Å². The van der Waals surface area contributed by atoms with E-state index >= 15 is 0 Å². The second-order valence-corrected chi connectivity index (χ2v) is 5.74. The van der Waals surface area contributed by atoms with Crippen molar-refractivity contribution in [3.63, 3.8) is 0 Å². The van der Waals surface area contributed by atoms with Crippen molar-refractivity contribution >= 4 is 27.9 Å². The highest BCUT2D eigenvalue weighted by atomic mass is 79.9. The maximum atomic E-state index is 12.2. The molecule has 0 heterocycles. The second kappa shape index (κ2) is 7.58. The fraction of sp³-hybridized carbons (Fsp3) is 0.111. The number of hydrogen-bond acceptors (Lipinski definition) is 2. The number of halogens is 1. The molecule has 4 heteroatoms. The molecule has 0 saturated carbocycles. The van der Waals surface area contributed by atoms with Crippen molar-refractivity contribution in [1.29, 1.82) is 5.26 Å². The molecular weight excluding hydrogens is 340 g/mol. The number of nitriles is 1. The first-order valence-electron chi connectivity index (χ1n) is 6.83. The summed E-state index contributed by atoms with van der Waals surface area (Å²) in [6.07, 6.45) is 1.58. The maximum absolute atomic E-state index is 12.2. The van der Waals surface area contributed by atoms with Gasteiger partial charge >= 0.3 is 0 Å². The molecule has 0 saturated heterocycles. The fourth-order valence-corrected chi connectivity index (χ4v) is 2.24. The Bertz CT molecular complexity index is 715. The third kappa shape index (κ3) is 4.31. The summed E-state index contributed by atoms with van der Waals surface area (Å²) in [5, 5.41) is 12.0. The van der Waals surface area contributed by atoms with Crippen molar-refractivity contribution in [2.45, 2.75) is 13.0 Å². The van der Waals surface area contributed by atoms with E-state index in [0.29, 0.717) is 0 Å². The van der Waals surface area contributed by atoms with Gasteiger partial charge in [0.25, 0.3) is 5.91 Å². The lowest BCUT2D eigenvalue weighted by Crippen LogP contribution is -2.27. The lowest BCUT2D eigenvalue weighted by atomic mass is 10.1. The Hall–Kier alpha value is -2.38. The highest BCUT2D eigenvalue weighted by Crippen LogP contribution is 2.15. The molecular formula is C18H15BrN2O. The van der Waals surface area contributed by atoms with Crippen molar-refractivity contribution in [2.75, 3.05) is 0 Å². The van der Waals surface area contributed by atoms with Crippen molar-refractivity contribution in [3.05, 3.63) is 75.8 Å². The van der Waals surface area contributed by atoms with Gasteiger partial charge in [0.05, 0.1) is 6.04 Å². The van der Waals surface area contributed by atoms with E-state index in [2.05, 4.69) is 21.2 Å². The van der Waals surface area contributed by atoms with E-state index in [9.17, 15) is 10.1 Å². The second-order valence-electron chi connectivity index (χ2n) is 4.83. The predicted molar refractivity (Wildman–Crippen MR) is 90.7 cm³/mol. The van der Waals surface area contributed by atoms with Crippen LogP contribution in [0, 0.1) is 11.3 Å². The summed E-state index contributed by atoms with van der Waals surface area (Å²) in [7, 11) is 0. The average Bonchev–Trinajstić information content (AvgIpc) is 2.55. The van der Waals surface area contributed by atoms with Gasteiger partial charge in [-0.3, -0.25) is 4.79 Å². The topological polar surface area (TPSA) is 52.9 Å². The third-order valence-corrected chi connectivity index (χ3v) is 3.72. The highest BCUT2D eigenvalue weighted by Gasteiger charge is 2.13. The lowest BCUT2D eigenvalue weighted by molar-refractivity contribution is -0.117. The molecule has 0 spiro atoms. The van der Waals surface area contributed by atoms with E-state index in [-0.39, 0.29) is 17.5 Å². The van der Waals surface area contributed by atoms with Gasteiger partial charge in [-0.25, -0.2) is 0 Å². The quantitative estimate of drug-likeness (QED) is 0.659. The largest absolute Gasteiger partial charge is 0.345 e. The Balaban J connectivity index is 2.12. The molecule has 1 N–H and O–H groups in total. The van der Waals surface area contributed by atoms with Crippen LogP contribution < -0.4 is 5.32 Å². The number of nitrogens with one attached hydrogen (secondary N) is 1. The smallest absolute Gasteiger partial charge is 0.262 e. The molecule has 3 nitrogen and oxygen atoms in total. The van der Waals surface area contributed by atoms with Crippen LogP contribution in [0.4, 0.5) is 0 Å². The van der Waals surface area contributed by atoms with Gasteiger partial charge in [-0.15, -0.1) is 0 Å². The molecule has 2 aromatic carbocycles. The highest BCUT2D eigenvalue weighted by molar-refractivity contribution is 9.10. The van der Waals surface area contributed by atoms with Crippen LogP contribution >= 0.6 is 15.9 Å². The number of amides is 1. The van der Waals surface area contributed by atoms with E-state index in [1.807, 2.05) is 67.6 Å². The van der Waals surface area contributed by atoms with E-state index in [1.165, 1.54) is 0 Å². The van der Waals surface area contributed by atoms with Gasteiger partial charge in [0.15, 0.2) is 0 Å². The number of carbonyl (C=O) groups excluding carboxylic acids is 1. The Morgan fingerprint density at radius 1 is 1.18 bits per heavy atom. The SMILES string of the molecule is CC(NC(=O)/C(C#N)=C\c1ccc(Br)cc1)c1ccccc1. The van der Waals surface area contributed by atoms with Gasteiger partial charge in [0.1, 0.15) is 11.6 Å². The number of carbonyl (C=O) groups is 1. The van der Waals surface area contributed by atoms with E-state index < -0.39 is 0 Å². The zero-order valence-electron chi connectivity index (χ0n) is 12.1. The van der Waals surface area contributed by atoms with Crippen molar-refractivity contribution < 1.29 is 4.79 Å². The summed E-state index contributed by atoms with van der Waals surface area (Å²) in [6, 6.07) is 18.9. The predicted octanol–water partition coefficient (Wildman–Crippen LogP) is 4.23. The van der Waals surface area contributed by atoms with Gasteiger partial charge in [-0.05, 0) is 36.3 Å². The van der Waals surface area contributed by atoms with Crippen LogP contribution in [0.2, 0.25) is 0 Å². The molecule has 2 rings (SSSR count). The molecule has 1 amide bonds. The molecule has 22 heavy (non-hydrogen) atoms. The van der Waals surface area contributed by atoms with Crippen molar-refractivity contribution in [3.8, 4) is 6.07 Å².